The smallest absolute Gasteiger partial charge is 0.232 e. The molecule has 1 aromatic heterocycles. The predicted octanol–water partition coefficient (Wildman–Crippen LogP) is 3.64. The van der Waals surface area contributed by atoms with Crippen molar-refractivity contribution < 1.29 is 14.0 Å². The average molecular weight is 462 g/mol. The fourth-order valence-corrected chi connectivity index (χ4v) is 5.05. The van der Waals surface area contributed by atoms with Gasteiger partial charge in [0.15, 0.2) is 0 Å². The van der Waals surface area contributed by atoms with Crippen molar-refractivity contribution in [2.24, 2.45) is 5.92 Å². The minimum atomic E-state index is -0.494. The van der Waals surface area contributed by atoms with Crippen LogP contribution in [0.25, 0.3) is 0 Å². The largest absolute Gasteiger partial charge is 0.399 e. The van der Waals surface area contributed by atoms with Crippen molar-refractivity contribution in [1.29, 1.82) is 0 Å². The molecule has 2 N–H and O–H groups in total. The molecule has 3 heterocycles. The summed E-state index contributed by atoms with van der Waals surface area (Å²) in [4.78, 5) is 33.8. The zero-order valence-electron chi connectivity index (χ0n) is 19.6. The predicted molar refractivity (Wildman–Crippen MR) is 129 cm³/mol. The van der Waals surface area contributed by atoms with Crippen molar-refractivity contribution in [2.45, 2.75) is 39.2 Å². The molecule has 1 atom stereocenters. The molecule has 0 bridgehead atoms. The maximum absolute atomic E-state index is 15.2. The number of rotatable bonds is 4. The van der Waals surface area contributed by atoms with Crippen molar-refractivity contribution in [3.05, 3.63) is 71.6 Å². The van der Waals surface area contributed by atoms with Crippen LogP contribution in [0.1, 0.15) is 37.2 Å². The van der Waals surface area contributed by atoms with E-state index in [1.807, 2.05) is 29.8 Å². The molecule has 34 heavy (non-hydrogen) atoms. The molecule has 176 valence electrons. The Balaban J connectivity index is 1.42. The van der Waals surface area contributed by atoms with Gasteiger partial charge in [-0.15, -0.1) is 0 Å². The highest BCUT2D eigenvalue weighted by molar-refractivity contribution is 6.05. The van der Waals surface area contributed by atoms with Crippen molar-refractivity contribution >= 4 is 28.9 Å². The van der Waals surface area contributed by atoms with Gasteiger partial charge in [-0.25, -0.2) is 9.37 Å². The number of imidazole rings is 1. The second-order valence-electron chi connectivity index (χ2n) is 9.87. The summed E-state index contributed by atoms with van der Waals surface area (Å²) in [6.07, 6.45) is 3.65. The van der Waals surface area contributed by atoms with Crippen molar-refractivity contribution in [1.82, 2.24) is 9.55 Å². The van der Waals surface area contributed by atoms with Gasteiger partial charge in [-0.05, 0) is 42.8 Å². The van der Waals surface area contributed by atoms with Gasteiger partial charge in [-0.3, -0.25) is 9.59 Å². The van der Waals surface area contributed by atoms with Gasteiger partial charge in [0.25, 0.3) is 0 Å². The Morgan fingerprint density at radius 1 is 1.26 bits per heavy atom. The van der Waals surface area contributed by atoms with Crippen LogP contribution in [0.4, 0.5) is 21.5 Å². The monoisotopic (exact) mass is 461 g/mol. The average Bonchev–Trinajstić information content (AvgIpc) is 3.44. The Hall–Kier alpha value is -3.68. The van der Waals surface area contributed by atoms with Gasteiger partial charge in [-0.2, -0.15) is 0 Å². The third-order valence-electron chi connectivity index (χ3n) is 6.92. The lowest BCUT2D eigenvalue weighted by atomic mass is 9.86. The number of halogens is 1. The molecule has 0 spiro atoms. The van der Waals surface area contributed by atoms with Crippen LogP contribution in [0.3, 0.4) is 0 Å². The maximum atomic E-state index is 15.2. The molecule has 0 saturated carbocycles. The van der Waals surface area contributed by atoms with Crippen LogP contribution < -0.4 is 15.5 Å². The Bertz CT molecular complexity index is 1300. The summed E-state index contributed by atoms with van der Waals surface area (Å²) in [5, 5.41) is 0. The van der Waals surface area contributed by atoms with E-state index in [0.717, 1.165) is 11.4 Å². The summed E-state index contributed by atoms with van der Waals surface area (Å²) in [6.45, 7) is 7.10. The molecule has 1 fully saturated rings. The van der Waals surface area contributed by atoms with Gasteiger partial charge in [0.05, 0.1) is 18.2 Å². The van der Waals surface area contributed by atoms with E-state index in [1.165, 1.54) is 6.07 Å². The lowest BCUT2D eigenvalue weighted by Gasteiger charge is -2.23. The van der Waals surface area contributed by atoms with Crippen LogP contribution in [0, 0.1) is 18.7 Å². The molecule has 0 radical (unpaired) electrons. The first-order chi connectivity index (χ1) is 16.1. The molecule has 2 amide bonds. The summed E-state index contributed by atoms with van der Waals surface area (Å²) < 4.78 is 17.1. The molecule has 0 aliphatic carbocycles. The highest BCUT2D eigenvalue weighted by Gasteiger charge is 2.44. The zero-order chi connectivity index (χ0) is 24.2. The SMILES string of the molecule is Cc1nccn1Cc1cc2c(cc1F)N(C(=O)C1CC(=O)N(c3cccc(N)c3)C1)CC2(C)C. The van der Waals surface area contributed by atoms with Gasteiger partial charge in [0, 0.05) is 54.3 Å². The fraction of sp³-hybridized carbons (Fsp3) is 0.346. The second-order valence-corrected chi connectivity index (χ2v) is 9.87. The lowest BCUT2D eigenvalue weighted by molar-refractivity contribution is -0.124. The Labute approximate surface area is 198 Å². The highest BCUT2D eigenvalue weighted by Crippen LogP contribution is 2.43. The van der Waals surface area contributed by atoms with Crippen LogP contribution in [0.15, 0.2) is 48.8 Å². The number of benzene rings is 2. The summed E-state index contributed by atoms with van der Waals surface area (Å²) >= 11 is 0. The van der Waals surface area contributed by atoms with Crippen molar-refractivity contribution in [2.75, 3.05) is 28.6 Å². The number of amides is 2. The number of aromatic nitrogens is 2. The molecule has 1 unspecified atom stereocenters. The van der Waals surface area contributed by atoms with Crippen LogP contribution in [-0.2, 0) is 21.5 Å². The summed E-state index contributed by atoms with van der Waals surface area (Å²) in [6, 6.07) is 10.4. The lowest BCUT2D eigenvalue weighted by Crippen LogP contribution is -2.39. The first-order valence-corrected chi connectivity index (χ1v) is 11.4. The number of nitrogens with zero attached hydrogens (tertiary/aromatic N) is 4. The third kappa shape index (κ3) is 3.73. The standard InChI is InChI=1S/C26H28FN5O2/c1-16-29-7-8-30(16)13-17-9-21-23(12-22(17)27)32(15-26(21,2)3)25(34)18-10-24(33)31(14-18)20-6-4-5-19(28)11-20/h4-9,11-12,18H,10,13-15,28H2,1-3H3. The van der Waals surface area contributed by atoms with E-state index in [9.17, 15) is 9.59 Å². The van der Waals surface area contributed by atoms with Crippen LogP contribution >= 0.6 is 0 Å². The maximum Gasteiger partial charge on any atom is 0.232 e. The van der Waals surface area contributed by atoms with Gasteiger partial charge in [-0.1, -0.05) is 19.9 Å². The molecular formula is C26H28FN5O2. The van der Waals surface area contributed by atoms with E-state index >= 15 is 4.39 Å². The zero-order valence-corrected chi connectivity index (χ0v) is 19.6. The third-order valence-corrected chi connectivity index (χ3v) is 6.92. The summed E-state index contributed by atoms with van der Waals surface area (Å²) in [5.74, 6) is -0.297. The topological polar surface area (TPSA) is 84.5 Å². The minimum absolute atomic E-state index is 0.111. The number of nitrogen functional groups attached to an aromatic ring is 1. The molecule has 2 aliphatic heterocycles. The number of carbonyl (C=O) groups excluding carboxylic acids is 2. The molecular weight excluding hydrogens is 433 g/mol. The highest BCUT2D eigenvalue weighted by atomic mass is 19.1. The molecule has 8 heteroatoms. The van der Waals surface area contributed by atoms with E-state index in [2.05, 4.69) is 18.8 Å². The van der Waals surface area contributed by atoms with Gasteiger partial charge < -0.3 is 20.1 Å². The van der Waals surface area contributed by atoms with E-state index in [0.29, 0.717) is 35.7 Å². The molecule has 3 aromatic rings. The number of fused-ring (bicyclic) bond motifs is 1. The number of carbonyl (C=O) groups is 2. The molecule has 2 aromatic carbocycles. The first kappa shape index (κ1) is 22.1. The van der Waals surface area contributed by atoms with E-state index in [1.54, 1.807) is 34.2 Å². The molecule has 5 rings (SSSR count). The number of hydrogen-bond acceptors (Lipinski definition) is 4. The summed E-state index contributed by atoms with van der Waals surface area (Å²) in [7, 11) is 0. The Morgan fingerprint density at radius 2 is 2.06 bits per heavy atom. The number of anilines is 3. The number of hydrogen-bond donors (Lipinski definition) is 1. The van der Waals surface area contributed by atoms with Gasteiger partial charge >= 0.3 is 0 Å². The quantitative estimate of drug-likeness (QED) is 0.602. The van der Waals surface area contributed by atoms with Crippen LogP contribution in [0.5, 0.6) is 0 Å². The van der Waals surface area contributed by atoms with Crippen LogP contribution in [-0.4, -0.2) is 34.5 Å². The Morgan fingerprint density at radius 3 is 2.76 bits per heavy atom. The first-order valence-electron chi connectivity index (χ1n) is 11.4. The molecule has 1 saturated heterocycles. The van der Waals surface area contributed by atoms with Gasteiger partial charge in [0.2, 0.25) is 11.8 Å². The minimum Gasteiger partial charge on any atom is -0.399 e. The van der Waals surface area contributed by atoms with Crippen molar-refractivity contribution in [3.63, 3.8) is 0 Å². The number of aryl methyl sites for hydroxylation is 1. The van der Waals surface area contributed by atoms with Crippen LogP contribution in [0.2, 0.25) is 0 Å². The van der Waals surface area contributed by atoms with Gasteiger partial charge in [0.1, 0.15) is 11.6 Å². The van der Waals surface area contributed by atoms with Crippen molar-refractivity contribution in [3.8, 4) is 0 Å². The Kier molecular flexibility index (Phi) is 5.19. The van der Waals surface area contributed by atoms with E-state index in [4.69, 9.17) is 5.73 Å². The van der Waals surface area contributed by atoms with E-state index in [-0.39, 0.29) is 36.0 Å². The fourth-order valence-electron chi connectivity index (χ4n) is 5.05. The molecule has 7 nitrogen and oxygen atoms in total. The second kappa shape index (κ2) is 7.97. The van der Waals surface area contributed by atoms with E-state index < -0.39 is 5.92 Å². The normalized spacial score (nSPS) is 19.1. The molecule has 2 aliphatic rings. The number of nitrogens with two attached hydrogens (primary N) is 1. The summed E-state index contributed by atoms with van der Waals surface area (Å²) in [5.41, 5.74) is 8.87.